The van der Waals surface area contributed by atoms with Crippen molar-refractivity contribution in [1.29, 1.82) is 0 Å². The van der Waals surface area contributed by atoms with Crippen LogP contribution >= 0.6 is 0 Å². The number of guanidine groups is 1. The maximum absolute atomic E-state index is 14.1. The summed E-state index contributed by atoms with van der Waals surface area (Å²) >= 11 is 0. The van der Waals surface area contributed by atoms with Crippen LogP contribution in [0.3, 0.4) is 0 Å². The molecule has 0 aromatic heterocycles. The van der Waals surface area contributed by atoms with Gasteiger partial charge >= 0.3 is 35.9 Å². The van der Waals surface area contributed by atoms with Gasteiger partial charge in [0.05, 0.1) is 8.80 Å². The second-order valence-electron chi connectivity index (χ2n) is 7.66. The molecule has 0 amide bonds. The quantitative estimate of drug-likeness (QED) is 0.135. The lowest BCUT2D eigenvalue weighted by Gasteiger charge is -2.39. The fourth-order valence-corrected chi connectivity index (χ4v) is 3.68. The average molecular weight is 519 g/mol. The van der Waals surface area contributed by atoms with Crippen molar-refractivity contribution < 1.29 is 57.1 Å². The van der Waals surface area contributed by atoms with Crippen LogP contribution < -0.4 is 0 Å². The standard InChI is InChI=1S/C15H22F13N3Si/c1-30(2)9(31(3)8-32(4)5)29-15(27,28)14(25,26)13(23,24)12(21,22)10(16,17)6-7-11(18,19)20/h32H,6-8H2,1-5H3. The number of hydrogen-bond acceptors (Lipinski definition) is 1. The fraction of sp³-hybridized carbons (Fsp3) is 0.933. The number of nitrogens with zero attached hydrogens (tertiary/aromatic N) is 3. The van der Waals surface area contributed by atoms with Crippen molar-refractivity contribution in [3.8, 4) is 0 Å². The summed E-state index contributed by atoms with van der Waals surface area (Å²) in [6.07, 6.45) is -11.3. The van der Waals surface area contributed by atoms with E-state index in [1.807, 2.05) is 0 Å². The molecule has 0 spiro atoms. The molecule has 0 rings (SSSR count). The van der Waals surface area contributed by atoms with E-state index in [0.717, 1.165) is 26.0 Å². The highest BCUT2D eigenvalue weighted by Gasteiger charge is 2.86. The van der Waals surface area contributed by atoms with Crippen LogP contribution in [0.15, 0.2) is 4.99 Å². The summed E-state index contributed by atoms with van der Waals surface area (Å²) in [5, 5.41) is 0. The lowest BCUT2D eigenvalue weighted by molar-refractivity contribution is -0.401. The third kappa shape index (κ3) is 6.33. The monoisotopic (exact) mass is 519 g/mol. The van der Waals surface area contributed by atoms with Crippen LogP contribution in [0.1, 0.15) is 12.8 Å². The van der Waals surface area contributed by atoms with E-state index in [4.69, 9.17) is 0 Å². The first-order valence-electron chi connectivity index (χ1n) is 8.78. The first-order valence-corrected chi connectivity index (χ1v) is 11.9. The summed E-state index contributed by atoms with van der Waals surface area (Å²) in [6, 6.07) is -6.34. The first kappa shape index (κ1) is 30.6. The van der Waals surface area contributed by atoms with E-state index in [2.05, 4.69) is 4.99 Å². The van der Waals surface area contributed by atoms with Gasteiger partial charge in [0, 0.05) is 40.2 Å². The fourth-order valence-electron chi connectivity index (χ4n) is 2.42. The highest BCUT2D eigenvalue weighted by molar-refractivity contribution is 6.56. The van der Waals surface area contributed by atoms with Crippen LogP contribution in [0, 0.1) is 0 Å². The summed E-state index contributed by atoms with van der Waals surface area (Å²) in [5.41, 5.74) is 0. The van der Waals surface area contributed by atoms with Crippen molar-refractivity contribution >= 4 is 14.8 Å². The van der Waals surface area contributed by atoms with Crippen molar-refractivity contribution in [2.24, 2.45) is 4.99 Å². The van der Waals surface area contributed by atoms with E-state index in [-0.39, 0.29) is 6.17 Å². The van der Waals surface area contributed by atoms with Crippen LogP contribution in [0.4, 0.5) is 57.1 Å². The number of alkyl halides is 13. The molecule has 0 aliphatic heterocycles. The minimum Gasteiger partial charge on any atom is -0.349 e. The van der Waals surface area contributed by atoms with Gasteiger partial charge in [-0.3, -0.25) is 0 Å². The third-order valence-electron chi connectivity index (χ3n) is 3.97. The van der Waals surface area contributed by atoms with Gasteiger partial charge in [0.2, 0.25) is 5.96 Å². The molecular formula is C15H22F13N3Si. The second-order valence-corrected chi connectivity index (χ2v) is 10.8. The minimum absolute atomic E-state index is 0.000725. The Bertz CT molecular complexity index is 659. The molecule has 0 heterocycles. The second kappa shape index (κ2) is 9.44. The molecule has 0 fully saturated rings. The number of hydrogen-bond donors (Lipinski definition) is 0. The Morgan fingerprint density at radius 2 is 1.12 bits per heavy atom. The van der Waals surface area contributed by atoms with E-state index >= 15 is 0 Å². The molecule has 0 radical (unpaired) electrons. The molecule has 192 valence electrons. The van der Waals surface area contributed by atoms with Crippen LogP contribution in [0.5, 0.6) is 0 Å². The average Bonchev–Trinajstić information content (AvgIpc) is 2.55. The molecule has 0 unspecified atom stereocenters. The maximum atomic E-state index is 14.1. The van der Waals surface area contributed by atoms with Gasteiger partial charge in [-0.15, -0.1) is 0 Å². The Hall–Kier alpha value is -1.42. The largest absolute Gasteiger partial charge is 0.414 e. The van der Waals surface area contributed by atoms with Crippen LogP contribution in [-0.4, -0.2) is 87.8 Å². The normalized spacial score (nSPS) is 15.4. The van der Waals surface area contributed by atoms with Gasteiger partial charge in [-0.2, -0.15) is 62.1 Å². The number of rotatable bonds is 9. The molecule has 0 saturated carbocycles. The van der Waals surface area contributed by atoms with E-state index in [1.54, 1.807) is 13.1 Å². The zero-order valence-electron chi connectivity index (χ0n) is 17.5. The van der Waals surface area contributed by atoms with Gasteiger partial charge in [-0.25, -0.2) is 0 Å². The van der Waals surface area contributed by atoms with Gasteiger partial charge in [0.15, 0.2) is 0 Å². The van der Waals surface area contributed by atoms with Crippen molar-refractivity contribution in [3.63, 3.8) is 0 Å². The summed E-state index contributed by atoms with van der Waals surface area (Å²) in [7, 11) is 1.43. The van der Waals surface area contributed by atoms with E-state index in [9.17, 15) is 57.1 Å². The zero-order valence-corrected chi connectivity index (χ0v) is 18.6. The van der Waals surface area contributed by atoms with Crippen molar-refractivity contribution in [2.45, 2.75) is 61.8 Å². The Labute approximate surface area is 176 Å². The van der Waals surface area contributed by atoms with E-state index < -0.39 is 63.5 Å². The molecule has 32 heavy (non-hydrogen) atoms. The predicted molar refractivity (Wildman–Crippen MR) is 92.7 cm³/mol. The topological polar surface area (TPSA) is 18.8 Å². The Morgan fingerprint density at radius 1 is 0.688 bits per heavy atom. The van der Waals surface area contributed by atoms with Gasteiger partial charge in [-0.1, -0.05) is 13.1 Å². The molecule has 3 nitrogen and oxygen atoms in total. The first-order chi connectivity index (χ1) is 13.8. The molecular weight excluding hydrogens is 497 g/mol. The summed E-state index contributed by atoms with van der Waals surface area (Å²) in [6.45, 7) is 3.38. The van der Waals surface area contributed by atoms with Crippen molar-refractivity contribution in [3.05, 3.63) is 0 Å². The number of halogens is 13. The highest BCUT2D eigenvalue weighted by Crippen LogP contribution is 2.58. The molecule has 0 aliphatic rings. The maximum Gasteiger partial charge on any atom is 0.414 e. The Morgan fingerprint density at radius 3 is 1.47 bits per heavy atom. The van der Waals surface area contributed by atoms with Crippen molar-refractivity contribution in [2.75, 3.05) is 27.3 Å². The Kier molecular flexibility index (Phi) is 9.02. The zero-order chi connectivity index (χ0) is 26.1. The molecule has 0 aromatic rings. The molecule has 0 atom stereocenters. The SMILES string of the molecule is CN(C)C(=NC(F)(F)C(F)(F)C(F)(F)C(F)(F)C(F)(F)CCC(F)(F)F)N(C)C[SiH](C)C. The smallest absolute Gasteiger partial charge is 0.349 e. The summed E-state index contributed by atoms with van der Waals surface area (Å²) < 4.78 is 174. The van der Waals surface area contributed by atoms with E-state index in [0.29, 0.717) is 4.90 Å². The Balaban J connectivity index is 6.34. The molecule has 17 heteroatoms. The van der Waals surface area contributed by atoms with Crippen LogP contribution in [-0.2, 0) is 0 Å². The molecule has 0 aliphatic carbocycles. The molecule has 0 saturated heterocycles. The number of aliphatic imine (C=N–C) groups is 1. The molecule has 0 aromatic carbocycles. The van der Waals surface area contributed by atoms with Gasteiger partial charge in [0.1, 0.15) is 0 Å². The lowest BCUT2D eigenvalue weighted by Crippen LogP contribution is -2.67. The summed E-state index contributed by atoms with van der Waals surface area (Å²) in [5.74, 6) is -29.4. The minimum atomic E-state index is -7.48. The third-order valence-corrected chi connectivity index (χ3v) is 5.25. The van der Waals surface area contributed by atoms with Crippen LogP contribution in [0.2, 0.25) is 13.1 Å². The molecule has 0 N–H and O–H groups in total. The van der Waals surface area contributed by atoms with Crippen molar-refractivity contribution in [1.82, 2.24) is 9.80 Å². The van der Waals surface area contributed by atoms with E-state index in [1.165, 1.54) is 0 Å². The van der Waals surface area contributed by atoms with Gasteiger partial charge in [0.25, 0.3) is 0 Å². The van der Waals surface area contributed by atoms with Gasteiger partial charge < -0.3 is 9.80 Å². The molecule has 0 bridgehead atoms. The highest BCUT2D eigenvalue weighted by atomic mass is 28.3. The van der Waals surface area contributed by atoms with Crippen LogP contribution in [0.25, 0.3) is 0 Å². The van der Waals surface area contributed by atoms with Gasteiger partial charge in [-0.05, 0) is 0 Å². The lowest BCUT2D eigenvalue weighted by atomic mass is 9.94. The predicted octanol–water partition coefficient (Wildman–Crippen LogP) is 5.34. The summed E-state index contributed by atoms with van der Waals surface area (Å²) in [4.78, 5) is 3.68.